The van der Waals surface area contributed by atoms with Gasteiger partial charge in [0.1, 0.15) is 11.9 Å². The van der Waals surface area contributed by atoms with E-state index in [9.17, 15) is 9.59 Å². The minimum absolute atomic E-state index is 0.0923. The number of imidazole rings is 1. The Morgan fingerprint density at radius 1 is 1.54 bits per heavy atom. The van der Waals surface area contributed by atoms with Crippen molar-refractivity contribution in [2.45, 2.75) is 26.0 Å². The second-order valence-corrected chi connectivity index (χ2v) is 6.49. The van der Waals surface area contributed by atoms with Gasteiger partial charge in [0, 0.05) is 13.5 Å². The maximum absolute atomic E-state index is 12.4. The molecule has 24 heavy (non-hydrogen) atoms. The monoisotopic (exact) mass is 348 g/mol. The van der Waals surface area contributed by atoms with E-state index in [1.807, 2.05) is 21.7 Å². The molecule has 2 amide bonds. The molecular weight excluding hydrogens is 328 g/mol. The number of nitrogens with one attached hydrogen (secondary N) is 2. The number of aromatic amines is 1. The van der Waals surface area contributed by atoms with Gasteiger partial charge in [0.2, 0.25) is 11.8 Å². The molecular formula is C16H20N4O3S. The van der Waals surface area contributed by atoms with Crippen LogP contribution in [0.5, 0.6) is 0 Å². The van der Waals surface area contributed by atoms with E-state index in [0.29, 0.717) is 38.5 Å². The Bertz CT molecular complexity index is 698. The third-order valence-corrected chi connectivity index (χ3v) is 4.57. The van der Waals surface area contributed by atoms with Crippen LogP contribution in [0, 0.1) is 0 Å². The second-order valence-electron chi connectivity index (χ2n) is 5.71. The molecule has 2 aromatic heterocycles. The number of hydrogen-bond donors (Lipinski definition) is 2. The standard InChI is InChI=1S/C16H20N4O3S/c1-11(21)17-7-13-8-18-16(19-13)14-9-20(3-4-23-14)15(22)6-12-2-5-24-10-12/h2,5,8,10,14H,3-4,6-7,9H2,1H3,(H,17,21)(H,18,19)/t14-/m0/s1. The van der Waals surface area contributed by atoms with E-state index < -0.39 is 0 Å². The van der Waals surface area contributed by atoms with E-state index in [4.69, 9.17) is 4.74 Å². The summed E-state index contributed by atoms with van der Waals surface area (Å²) in [5, 5.41) is 6.69. The first-order valence-electron chi connectivity index (χ1n) is 7.80. The van der Waals surface area contributed by atoms with Gasteiger partial charge in [0.25, 0.3) is 0 Å². The van der Waals surface area contributed by atoms with Crippen LogP contribution in [0.25, 0.3) is 0 Å². The lowest BCUT2D eigenvalue weighted by Crippen LogP contribution is -2.43. The zero-order valence-corrected chi connectivity index (χ0v) is 14.3. The van der Waals surface area contributed by atoms with Gasteiger partial charge in [0.05, 0.1) is 38.0 Å². The maximum atomic E-state index is 12.4. The van der Waals surface area contributed by atoms with Crippen molar-refractivity contribution in [1.82, 2.24) is 20.2 Å². The van der Waals surface area contributed by atoms with Crippen molar-refractivity contribution in [3.05, 3.63) is 40.1 Å². The largest absolute Gasteiger partial charge is 0.367 e. The Kier molecular flexibility index (Phi) is 5.27. The molecule has 0 spiro atoms. The Balaban J connectivity index is 1.58. The number of thiophene rings is 1. The van der Waals surface area contributed by atoms with Gasteiger partial charge in [-0.2, -0.15) is 11.3 Å². The molecule has 2 aromatic rings. The first-order chi connectivity index (χ1) is 11.6. The van der Waals surface area contributed by atoms with Gasteiger partial charge < -0.3 is 19.9 Å². The molecule has 0 bridgehead atoms. The van der Waals surface area contributed by atoms with Crippen molar-refractivity contribution in [1.29, 1.82) is 0 Å². The average Bonchev–Trinajstić information content (AvgIpc) is 3.24. The molecule has 1 saturated heterocycles. The van der Waals surface area contributed by atoms with Crippen molar-refractivity contribution in [3.8, 4) is 0 Å². The molecule has 0 aliphatic carbocycles. The molecule has 128 valence electrons. The Labute approximate surface area is 144 Å². The summed E-state index contributed by atoms with van der Waals surface area (Å²) < 4.78 is 5.75. The van der Waals surface area contributed by atoms with Crippen molar-refractivity contribution < 1.29 is 14.3 Å². The lowest BCUT2D eigenvalue weighted by atomic mass is 10.2. The first-order valence-corrected chi connectivity index (χ1v) is 8.75. The van der Waals surface area contributed by atoms with Gasteiger partial charge in [-0.05, 0) is 22.4 Å². The fraction of sp³-hybridized carbons (Fsp3) is 0.438. The van der Waals surface area contributed by atoms with Crippen LogP contribution < -0.4 is 5.32 Å². The highest BCUT2D eigenvalue weighted by molar-refractivity contribution is 7.08. The molecule has 3 heterocycles. The van der Waals surface area contributed by atoms with Crippen LogP contribution in [0.4, 0.5) is 0 Å². The van der Waals surface area contributed by atoms with Crippen LogP contribution in [0.2, 0.25) is 0 Å². The summed E-state index contributed by atoms with van der Waals surface area (Å²) in [6.07, 6.45) is 1.83. The number of morpholine rings is 1. The molecule has 0 unspecified atom stereocenters. The number of amides is 2. The summed E-state index contributed by atoms with van der Waals surface area (Å²) in [5.74, 6) is 0.695. The molecule has 1 fully saturated rings. The summed E-state index contributed by atoms with van der Waals surface area (Å²) in [4.78, 5) is 32.7. The number of aromatic nitrogens is 2. The molecule has 3 rings (SSSR count). The highest BCUT2D eigenvalue weighted by Gasteiger charge is 2.27. The van der Waals surface area contributed by atoms with Crippen molar-refractivity contribution in [2.75, 3.05) is 19.7 Å². The van der Waals surface area contributed by atoms with Crippen molar-refractivity contribution in [3.63, 3.8) is 0 Å². The van der Waals surface area contributed by atoms with Gasteiger partial charge in [-0.1, -0.05) is 0 Å². The van der Waals surface area contributed by atoms with E-state index >= 15 is 0 Å². The summed E-state index contributed by atoms with van der Waals surface area (Å²) in [5.41, 5.74) is 1.86. The van der Waals surface area contributed by atoms with Crippen LogP contribution in [0.1, 0.15) is 30.1 Å². The first kappa shape index (κ1) is 16.7. The summed E-state index contributed by atoms with van der Waals surface area (Å²) in [6, 6.07) is 1.97. The maximum Gasteiger partial charge on any atom is 0.227 e. The number of carbonyl (C=O) groups excluding carboxylic acids is 2. The third kappa shape index (κ3) is 4.21. The van der Waals surface area contributed by atoms with Gasteiger partial charge in [-0.15, -0.1) is 0 Å². The van der Waals surface area contributed by atoms with Crippen LogP contribution in [-0.4, -0.2) is 46.4 Å². The topological polar surface area (TPSA) is 87.3 Å². The summed E-state index contributed by atoms with van der Waals surface area (Å²) in [6.45, 7) is 3.44. The van der Waals surface area contributed by atoms with Crippen LogP contribution in [0.15, 0.2) is 23.0 Å². The zero-order valence-electron chi connectivity index (χ0n) is 13.4. The Morgan fingerprint density at radius 2 is 2.42 bits per heavy atom. The minimum Gasteiger partial charge on any atom is -0.367 e. The number of H-pyrrole nitrogens is 1. The number of ether oxygens (including phenoxy) is 1. The number of hydrogen-bond acceptors (Lipinski definition) is 5. The molecule has 2 N–H and O–H groups in total. The third-order valence-electron chi connectivity index (χ3n) is 3.84. The lowest BCUT2D eigenvalue weighted by molar-refractivity contribution is -0.138. The molecule has 0 saturated carbocycles. The average molecular weight is 348 g/mol. The normalized spacial score (nSPS) is 17.7. The second kappa shape index (κ2) is 7.59. The minimum atomic E-state index is -0.267. The fourth-order valence-corrected chi connectivity index (χ4v) is 3.24. The van der Waals surface area contributed by atoms with Gasteiger partial charge >= 0.3 is 0 Å². The van der Waals surface area contributed by atoms with Crippen LogP contribution in [-0.2, 0) is 27.3 Å². The fourth-order valence-electron chi connectivity index (χ4n) is 2.57. The van der Waals surface area contributed by atoms with Crippen LogP contribution in [0.3, 0.4) is 0 Å². The number of nitrogens with zero attached hydrogens (tertiary/aromatic N) is 2. The number of carbonyl (C=O) groups is 2. The predicted octanol–water partition coefficient (Wildman–Crippen LogP) is 1.25. The predicted molar refractivity (Wildman–Crippen MR) is 89.4 cm³/mol. The smallest absolute Gasteiger partial charge is 0.227 e. The van der Waals surface area contributed by atoms with Gasteiger partial charge in [-0.3, -0.25) is 9.59 Å². The molecule has 8 heteroatoms. The highest BCUT2D eigenvalue weighted by Crippen LogP contribution is 2.20. The molecule has 1 aliphatic rings. The highest BCUT2D eigenvalue weighted by atomic mass is 32.1. The quantitative estimate of drug-likeness (QED) is 0.851. The van der Waals surface area contributed by atoms with E-state index in [2.05, 4.69) is 15.3 Å². The van der Waals surface area contributed by atoms with Crippen molar-refractivity contribution in [2.24, 2.45) is 0 Å². The zero-order chi connectivity index (χ0) is 16.9. The van der Waals surface area contributed by atoms with Gasteiger partial charge in [-0.25, -0.2) is 4.98 Å². The van der Waals surface area contributed by atoms with E-state index in [1.165, 1.54) is 6.92 Å². The Hall–Kier alpha value is -2.19. The lowest BCUT2D eigenvalue weighted by Gasteiger charge is -2.32. The van der Waals surface area contributed by atoms with Crippen molar-refractivity contribution >= 4 is 23.2 Å². The Morgan fingerprint density at radius 3 is 3.17 bits per heavy atom. The molecule has 0 aromatic carbocycles. The van der Waals surface area contributed by atoms with Crippen LogP contribution >= 0.6 is 11.3 Å². The van der Waals surface area contributed by atoms with E-state index in [-0.39, 0.29) is 17.9 Å². The summed E-state index contributed by atoms with van der Waals surface area (Å²) >= 11 is 1.59. The van der Waals surface area contributed by atoms with E-state index in [1.54, 1.807) is 17.5 Å². The molecule has 1 atom stereocenters. The molecule has 0 radical (unpaired) electrons. The summed E-state index contributed by atoms with van der Waals surface area (Å²) in [7, 11) is 0. The van der Waals surface area contributed by atoms with E-state index in [0.717, 1.165) is 11.3 Å². The SMILES string of the molecule is CC(=O)NCc1cnc([C@@H]2CN(C(=O)Cc3ccsc3)CCO2)[nH]1. The molecule has 1 aliphatic heterocycles. The van der Waals surface area contributed by atoms with Gasteiger partial charge in [0.15, 0.2) is 0 Å². The molecule has 7 nitrogen and oxygen atoms in total. The number of rotatable bonds is 5.